The van der Waals surface area contributed by atoms with Crippen LogP contribution in [0.25, 0.3) is 0 Å². The van der Waals surface area contributed by atoms with E-state index in [9.17, 15) is 0 Å². The van der Waals surface area contributed by atoms with Gasteiger partial charge in [0.15, 0.2) is 0 Å². The predicted molar refractivity (Wildman–Crippen MR) is 98.6 cm³/mol. The number of nitrogens with zero attached hydrogens (tertiary/aromatic N) is 2. The molecule has 2 N–H and O–H groups in total. The Kier molecular flexibility index (Phi) is 4.11. The van der Waals surface area contributed by atoms with Crippen molar-refractivity contribution < 1.29 is 0 Å². The summed E-state index contributed by atoms with van der Waals surface area (Å²) < 4.78 is 0. The molecule has 124 valence electrons. The topological polar surface area (TPSA) is 41.6 Å². The van der Waals surface area contributed by atoms with Crippen LogP contribution in [0.1, 0.15) is 42.5 Å². The molecule has 3 heteroatoms. The first kappa shape index (κ1) is 15.4. The maximum atomic E-state index is 5.89. The van der Waals surface area contributed by atoms with Gasteiger partial charge in [-0.15, -0.1) is 0 Å². The zero-order chi connectivity index (χ0) is 16.5. The zero-order valence-electron chi connectivity index (χ0n) is 14.2. The molecule has 0 amide bonds. The molecule has 1 heterocycles. The number of nitrogens with two attached hydrogens (primary N) is 1. The van der Waals surface area contributed by atoms with Crippen LogP contribution in [0.4, 0.5) is 0 Å². The number of fused-ring (bicyclic) bond motifs is 2. The lowest BCUT2D eigenvalue weighted by Crippen LogP contribution is -2.51. The van der Waals surface area contributed by atoms with Gasteiger partial charge in [-0.3, -0.25) is 4.90 Å². The van der Waals surface area contributed by atoms with Crippen LogP contribution in [0, 0.1) is 11.8 Å². The molecule has 2 aromatic rings. The standard InChI is InChI=1S/C21H25N3/c1-24-20(15-9-4-2-5-10-15)17-13-8-14-18(19(17)23-22)21(24)16-11-6-3-7-12-16/h2-7,9-12,17-18,20-21H,8,13-14,22H2,1H3/t17-,18-,20-,21-/m0/s1. The van der Waals surface area contributed by atoms with E-state index < -0.39 is 0 Å². The molecular weight excluding hydrogens is 294 g/mol. The summed E-state index contributed by atoms with van der Waals surface area (Å²) in [6, 6.07) is 22.4. The Morgan fingerprint density at radius 2 is 1.29 bits per heavy atom. The lowest BCUT2D eigenvalue weighted by Gasteiger charge is -2.52. The lowest BCUT2D eigenvalue weighted by molar-refractivity contribution is 0.0669. The van der Waals surface area contributed by atoms with E-state index >= 15 is 0 Å². The van der Waals surface area contributed by atoms with Gasteiger partial charge in [0, 0.05) is 29.6 Å². The van der Waals surface area contributed by atoms with Crippen molar-refractivity contribution in [2.24, 2.45) is 22.8 Å². The first-order chi connectivity index (χ1) is 11.8. The van der Waals surface area contributed by atoms with Crippen molar-refractivity contribution in [3.05, 3.63) is 71.8 Å². The van der Waals surface area contributed by atoms with Crippen LogP contribution in [0.3, 0.4) is 0 Å². The number of hydrazone groups is 1. The summed E-state index contributed by atoms with van der Waals surface area (Å²) in [7, 11) is 2.27. The van der Waals surface area contributed by atoms with Gasteiger partial charge in [0.2, 0.25) is 0 Å². The summed E-state index contributed by atoms with van der Waals surface area (Å²) in [6.07, 6.45) is 3.62. The number of rotatable bonds is 2. The van der Waals surface area contributed by atoms with E-state index in [-0.39, 0.29) is 0 Å². The quantitative estimate of drug-likeness (QED) is 0.667. The van der Waals surface area contributed by atoms with Crippen LogP contribution in [0.15, 0.2) is 65.8 Å². The van der Waals surface area contributed by atoms with Gasteiger partial charge in [-0.1, -0.05) is 67.1 Å². The normalized spacial score (nSPS) is 30.1. The molecule has 1 saturated carbocycles. The summed E-state index contributed by atoms with van der Waals surface area (Å²) in [6.45, 7) is 0. The maximum Gasteiger partial charge on any atom is 0.0475 e. The fourth-order valence-electron chi connectivity index (χ4n) is 4.94. The van der Waals surface area contributed by atoms with Crippen LogP contribution in [-0.4, -0.2) is 17.7 Å². The van der Waals surface area contributed by atoms with Gasteiger partial charge in [-0.25, -0.2) is 0 Å². The van der Waals surface area contributed by atoms with Crippen LogP contribution in [-0.2, 0) is 0 Å². The van der Waals surface area contributed by atoms with Crippen LogP contribution < -0.4 is 5.84 Å². The second-order valence-corrected chi connectivity index (χ2v) is 7.07. The fourth-order valence-corrected chi connectivity index (χ4v) is 4.94. The van der Waals surface area contributed by atoms with Gasteiger partial charge < -0.3 is 5.84 Å². The highest BCUT2D eigenvalue weighted by molar-refractivity contribution is 5.91. The van der Waals surface area contributed by atoms with Gasteiger partial charge in [-0.05, 0) is 31.0 Å². The molecule has 24 heavy (non-hydrogen) atoms. The van der Waals surface area contributed by atoms with Crippen LogP contribution in [0.5, 0.6) is 0 Å². The van der Waals surface area contributed by atoms with E-state index in [1.54, 1.807) is 0 Å². The van der Waals surface area contributed by atoms with Crippen molar-refractivity contribution in [3.63, 3.8) is 0 Å². The molecule has 2 aromatic carbocycles. The number of hydrogen-bond acceptors (Lipinski definition) is 3. The molecule has 2 bridgehead atoms. The highest BCUT2D eigenvalue weighted by Gasteiger charge is 2.48. The van der Waals surface area contributed by atoms with Crippen LogP contribution >= 0.6 is 0 Å². The molecule has 0 spiro atoms. The van der Waals surface area contributed by atoms with Gasteiger partial charge in [0.05, 0.1) is 0 Å². The van der Waals surface area contributed by atoms with Gasteiger partial charge in [0.25, 0.3) is 0 Å². The molecule has 2 aliphatic rings. The van der Waals surface area contributed by atoms with E-state index in [4.69, 9.17) is 5.84 Å². The average Bonchev–Trinajstić information content (AvgIpc) is 2.63. The Morgan fingerprint density at radius 1 is 0.833 bits per heavy atom. The zero-order valence-corrected chi connectivity index (χ0v) is 14.2. The van der Waals surface area contributed by atoms with Gasteiger partial charge >= 0.3 is 0 Å². The molecule has 1 aliphatic heterocycles. The van der Waals surface area contributed by atoms with Crippen molar-refractivity contribution in [2.45, 2.75) is 31.3 Å². The minimum absolute atomic E-state index is 0.343. The molecule has 0 unspecified atom stereocenters. The number of likely N-dealkylation sites (tertiary alicyclic amines) is 1. The molecule has 2 fully saturated rings. The molecule has 1 aliphatic carbocycles. The highest BCUT2D eigenvalue weighted by atomic mass is 15.2. The van der Waals surface area contributed by atoms with E-state index in [1.165, 1.54) is 36.1 Å². The van der Waals surface area contributed by atoms with Crippen molar-refractivity contribution in [1.29, 1.82) is 0 Å². The Morgan fingerprint density at radius 3 is 1.71 bits per heavy atom. The number of benzene rings is 2. The third-order valence-corrected chi connectivity index (χ3v) is 5.86. The lowest BCUT2D eigenvalue weighted by atomic mass is 9.66. The molecule has 4 rings (SSSR count). The number of hydrogen-bond donors (Lipinski definition) is 1. The SMILES string of the molecule is CN1[C@@H](c2ccccc2)[C@H]2CCC[C@@H](C2=NN)[C@@H]1c1ccccc1. The maximum absolute atomic E-state index is 5.89. The second kappa shape index (κ2) is 6.40. The molecule has 4 atom stereocenters. The van der Waals surface area contributed by atoms with E-state index in [0.29, 0.717) is 23.9 Å². The predicted octanol–water partition coefficient (Wildman–Crippen LogP) is 4.15. The van der Waals surface area contributed by atoms with Crippen molar-refractivity contribution in [2.75, 3.05) is 7.05 Å². The first-order valence-electron chi connectivity index (χ1n) is 8.90. The fraction of sp³-hybridized carbons (Fsp3) is 0.381. The Hall–Kier alpha value is -2.13. The van der Waals surface area contributed by atoms with Crippen molar-refractivity contribution in [1.82, 2.24) is 4.90 Å². The minimum atomic E-state index is 0.343. The molecule has 0 aromatic heterocycles. The smallest absolute Gasteiger partial charge is 0.0475 e. The first-order valence-corrected chi connectivity index (χ1v) is 8.90. The van der Waals surface area contributed by atoms with Crippen molar-refractivity contribution >= 4 is 5.71 Å². The van der Waals surface area contributed by atoms with Crippen LogP contribution in [0.2, 0.25) is 0 Å². The summed E-state index contributed by atoms with van der Waals surface area (Å²) in [5.74, 6) is 6.75. The van der Waals surface area contributed by atoms with E-state index in [2.05, 4.69) is 77.7 Å². The average molecular weight is 319 g/mol. The molecular formula is C21H25N3. The summed E-state index contributed by atoms with van der Waals surface area (Å²) >= 11 is 0. The van der Waals surface area contributed by atoms with Crippen molar-refractivity contribution in [3.8, 4) is 0 Å². The molecule has 0 radical (unpaired) electrons. The van der Waals surface area contributed by atoms with E-state index in [0.717, 1.165) is 0 Å². The third kappa shape index (κ3) is 2.44. The molecule has 3 nitrogen and oxygen atoms in total. The van der Waals surface area contributed by atoms with Gasteiger partial charge in [0.1, 0.15) is 0 Å². The Labute approximate surface area is 144 Å². The van der Waals surface area contributed by atoms with Gasteiger partial charge in [-0.2, -0.15) is 5.10 Å². The highest BCUT2D eigenvalue weighted by Crippen LogP contribution is 2.51. The summed E-state index contributed by atoms with van der Waals surface area (Å²) in [5, 5.41) is 4.31. The Balaban J connectivity index is 1.83. The number of piperidine rings is 1. The third-order valence-electron chi connectivity index (χ3n) is 5.86. The second-order valence-electron chi connectivity index (χ2n) is 7.07. The summed E-state index contributed by atoms with van der Waals surface area (Å²) in [4.78, 5) is 2.56. The largest absolute Gasteiger partial charge is 0.323 e. The Bertz CT molecular complexity index is 653. The monoisotopic (exact) mass is 319 g/mol. The van der Waals surface area contributed by atoms with E-state index in [1.807, 2.05) is 0 Å². The molecule has 1 saturated heterocycles. The minimum Gasteiger partial charge on any atom is -0.323 e. The summed E-state index contributed by atoms with van der Waals surface area (Å²) in [5.41, 5.74) is 3.96.